The quantitative estimate of drug-likeness (QED) is 0.0797. The summed E-state index contributed by atoms with van der Waals surface area (Å²) >= 11 is 1.42. The number of hydrogen-bond acceptors (Lipinski definition) is 9. The number of thioether (sulfide) groups is 1. The SMILES string of the molecule is CCC(C)C(NC(=O)C(CCCCN)NC(=O)C(CC(=O)O)NC(=O)C(CCSC)NC(=O)C(C)N)C(=O)O. The Balaban J connectivity index is 5.83. The maximum atomic E-state index is 13.1. The number of nitrogens with two attached hydrogens (primary N) is 2. The number of nitrogens with one attached hydrogen (secondary N) is 4. The highest BCUT2D eigenvalue weighted by Gasteiger charge is 2.33. The van der Waals surface area contributed by atoms with Crippen molar-refractivity contribution in [3.05, 3.63) is 0 Å². The van der Waals surface area contributed by atoms with Gasteiger partial charge in [-0.2, -0.15) is 11.8 Å². The van der Waals surface area contributed by atoms with Crippen LogP contribution in [0.3, 0.4) is 0 Å². The number of aliphatic carboxylic acids is 2. The molecule has 0 saturated heterocycles. The zero-order valence-electron chi connectivity index (χ0n) is 23.0. The van der Waals surface area contributed by atoms with Crippen LogP contribution in [0.5, 0.6) is 0 Å². The van der Waals surface area contributed by atoms with E-state index < -0.39 is 78.1 Å². The number of rotatable bonds is 20. The summed E-state index contributed by atoms with van der Waals surface area (Å²) in [6, 6.07) is -5.94. The summed E-state index contributed by atoms with van der Waals surface area (Å²) in [4.78, 5) is 74.3. The minimum Gasteiger partial charge on any atom is -0.481 e. The zero-order chi connectivity index (χ0) is 30.1. The first-order valence-electron chi connectivity index (χ1n) is 12.9. The van der Waals surface area contributed by atoms with Gasteiger partial charge in [-0.3, -0.25) is 24.0 Å². The molecule has 4 amide bonds. The fourth-order valence-electron chi connectivity index (χ4n) is 3.43. The van der Waals surface area contributed by atoms with E-state index in [4.69, 9.17) is 11.5 Å². The number of carbonyl (C=O) groups is 6. The van der Waals surface area contributed by atoms with Gasteiger partial charge in [-0.05, 0) is 57.1 Å². The largest absolute Gasteiger partial charge is 0.481 e. The normalized spacial score (nSPS) is 15.5. The first-order chi connectivity index (χ1) is 18.3. The molecule has 224 valence electrons. The highest BCUT2D eigenvalue weighted by molar-refractivity contribution is 7.98. The second kappa shape index (κ2) is 19.2. The Kier molecular flexibility index (Phi) is 17.8. The molecule has 0 rings (SSSR count). The Morgan fingerprint density at radius 2 is 1.31 bits per heavy atom. The third kappa shape index (κ3) is 14.2. The van der Waals surface area contributed by atoms with Gasteiger partial charge in [0.05, 0.1) is 12.5 Å². The number of unbranched alkanes of at least 4 members (excludes halogenated alkanes) is 1. The van der Waals surface area contributed by atoms with Crippen LogP contribution in [0.15, 0.2) is 0 Å². The molecule has 15 heteroatoms. The van der Waals surface area contributed by atoms with Gasteiger partial charge in [0, 0.05) is 0 Å². The van der Waals surface area contributed by atoms with Gasteiger partial charge in [-0.25, -0.2) is 4.79 Å². The van der Waals surface area contributed by atoms with Crippen LogP contribution >= 0.6 is 11.8 Å². The molecule has 6 unspecified atom stereocenters. The van der Waals surface area contributed by atoms with Crippen molar-refractivity contribution in [2.45, 2.75) is 89.5 Å². The fourth-order valence-corrected chi connectivity index (χ4v) is 3.91. The van der Waals surface area contributed by atoms with Crippen LogP contribution in [0.1, 0.15) is 59.3 Å². The van der Waals surface area contributed by atoms with Gasteiger partial charge in [-0.1, -0.05) is 20.3 Å². The van der Waals surface area contributed by atoms with Crippen molar-refractivity contribution < 1.29 is 39.0 Å². The van der Waals surface area contributed by atoms with Gasteiger partial charge in [0.1, 0.15) is 24.2 Å². The Labute approximate surface area is 233 Å². The van der Waals surface area contributed by atoms with E-state index in [2.05, 4.69) is 21.3 Å². The third-order valence-corrected chi connectivity index (χ3v) is 6.67. The molecule has 0 aliphatic carbocycles. The Hall–Kier alpha value is -2.91. The second-order valence-corrected chi connectivity index (χ2v) is 10.3. The molecule has 0 heterocycles. The molecule has 0 aromatic carbocycles. The van der Waals surface area contributed by atoms with Gasteiger partial charge in [0.15, 0.2) is 0 Å². The Bertz CT molecular complexity index is 843. The van der Waals surface area contributed by atoms with Crippen LogP contribution in [-0.4, -0.2) is 94.5 Å². The van der Waals surface area contributed by atoms with E-state index in [1.54, 1.807) is 20.1 Å². The summed E-state index contributed by atoms with van der Waals surface area (Å²) in [6.07, 6.45) is 2.74. The molecule has 0 spiro atoms. The number of carboxylic acid groups (broad SMARTS) is 2. The highest BCUT2D eigenvalue weighted by atomic mass is 32.2. The predicted octanol–water partition coefficient (Wildman–Crippen LogP) is -1.24. The summed E-state index contributed by atoms with van der Waals surface area (Å²) in [5.74, 6) is -5.61. The van der Waals surface area contributed by atoms with Gasteiger partial charge in [-0.15, -0.1) is 0 Å². The van der Waals surface area contributed by atoms with Gasteiger partial charge >= 0.3 is 11.9 Å². The lowest BCUT2D eigenvalue weighted by Crippen LogP contribution is -2.59. The minimum atomic E-state index is -1.58. The molecule has 0 aliphatic rings. The lowest BCUT2D eigenvalue weighted by molar-refractivity contribution is -0.144. The van der Waals surface area contributed by atoms with Gasteiger partial charge < -0.3 is 42.9 Å². The summed E-state index contributed by atoms with van der Waals surface area (Å²) < 4.78 is 0. The van der Waals surface area contributed by atoms with E-state index in [1.807, 2.05) is 0 Å². The molecule has 0 aromatic heterocycles. The van der Waals surface area contributed by atoms with Crippen LogP contribution in [0.25, 0.3) is 0 Å². The van der Waals surface area contributed by atoms with Crippen molar-refractivity contribution in [2.24, 2.45) is 17.4 Å². The highest BCUT2D eigenvalue weighted by Crippen LogP contribution is 2.10. The molecule has 0 radical (unpaired) electrons. The lowest BCUT2D eigenvalue weighted by Gasteiger charge is -2.27. The number of hydrogen-bond donors (Lipinski definition) is 8. The van der Waals surface area contributed by atoms with Crippen LogP contribution in [0.2, 0.25) is 0 Å². The molecule has 0 fully saturated rings. The van der Waals surface area contributed by atoms with E-state index in [0.717, 1.165) is 0 Å². The Morgan fingerprint density at radius 3 is 1.79 bits per heavy atom. The maximum Gasteiger partial charge on any atom is 0.326 e. The first-order valence-corrected chi connectivity index (χ1v) is 14.3. The van der Waals surface area contributed by atoms with Crippen molar-refractivity contribution in [3.8, 4) is 0 Å². The van der Waals surface area contributed by atoms with E-state index in [9.17, 15) is 39.0 Å². The molecule has 0 bridgehead atoms. The summed E-state index contributed by atoms with van der Waals surface area (Å²) in [5.41, 5.74) is 11.1. The monoisotopic (exact) mass is 576 g/mol. The van der Waals surface area contributed by atoms with Crippen molar-refractivity contribution >= 4 is 47.3 Å². The summed E-state index contributed by atoms with van der Waals surface area (Å²) in [6.45, 7) is 5.20. The molecule has 39 heavy (non-hydrogen) atoms. The molecular weight excluding hydrogens is 532 g/mol. The van der Waals surface area contributed by atoms with E-state index in [0.29, 0.717) is 31.6 Å². The molecule has 14 nitrogen and oxygen atoms in total. The van der Waals surface area contributed by atoms with Crippen LogP contribution < -0.4 is 32.7 Å². The lowest BCUT2D eigenvalue weighted by atomic mass is 9.98. The molecule has 6 atom stereocenters. The third-order valence-electron chi connectivity index (χ3n) is 6.03. The fraction of sp³-hybridized carbons (Fsp3) is 0.750. The van der Waals surface area contributed by atoms with Crippen molar-refractivity contribution in [1.82, 2.24) is 21.3 Å². The molecule has 0 saturated carbocycles. The molecule has 10 N–H and O–H groups in total. The van der Waals surface area contributed by atoms with E-state index >= 15 is 0 Å². The van der Waals surface area contributed by atoms with E-state index in [-0.39, 0.29) is 12.8 Å². The molecular formula is C24H44N6O8S. The topological polar surface area (TPSA) is 243 Å². The average Bonchev–Trinajstić information content (AvgIpc) is 2.87. The molecule has 0 aromatic rings. The minimum absolute atomic E-state index is 0.107. The number of carbonyl (C=O) groups excluding carboxylic acids is 4. The average molecular weight is 577 g/mol. The predicted molar refractivity (Wildman–Crippen MR) is 147 cm³/mol. The van der Waals surface area contributed by atoms with Crippen molar-refractivity contribution in [3.63, 3.8) is 0 Å². The van der Waals surface area contributed by atoms with Crippen molar-refractivity contribution in [1.29, 1.82) is 0 Å². The van der Waals surface area contributed by atoms with Crippen LogP contribution in [0.4, 0.5) is 0 Å². The van der Waals surface area contributed by atoms with Gasteiger partial charge in [0.2, 0.25) is 23.6 Å². The smallest absolute Gasteiger partial charge is 0.326 e. The summed E-state index contributed by atoms with van der Waals surface area (Å²) in [7, 11) is 0. The summed E-state index contributed by atoms with van der Waals surface area (Å²) in [5, 5.41) is 28.6. The van der Waals surface area contributed by atoms with E-state index in [1.165, 1.54) is 18.7 Å². The maximum absolute atomic E-state index is 13.1. The van der Waals surface area contributed by atoms with Crippen LogP contribution in [0, 0.1) is 5.92 Å². The standard InChI is InChI=1S/C24H44N6O8S/c1-5-13(2)19(24(37)38)30-22(35)15(8-6-7-10-25)28-23(36)17(12-18(31)32)29-21(34)16(9-11-39-4)27-20(33)14(3)26/h13-17,19H,5-12,25-26H2,1-4H3,(H,27,33)(H,28,36)(H,29,34)(H,30,35)(H,31,32)(H,37,38). The number of amides is 4. The number of carboxylic acids is 2. The zero-order valence-corrected chi connectivity index (χ0v) is 23.8. The first kappa shape index (κ1) is 36.1. The second-order valence-electron chi connectivity index (χ2n) is 9.35. The Morgan fingerprint density at radius 1 is 0.795 bits per heavy atom. The molecule has 0 aliphatic heterocycles. The van der Waals surface area contributed by atoms with Gasteiger partial charge in [0.25, 0.3) is 0 Å². The van der Waals surface area contributed by atoms with Crippen molar-refractivity contribution in [2.75, 3.05) is 18.6 Å². The van der Waals surface area contributed by atoms with Crippen LogP contribution in [-0.2, 0) is 28.8 Å².